The van der Waals surface area contributed by atoms with Crippen molar-refractivity contribution in [2.24, 2.45) is 11.7 Å². The lowest BCUT2D eigenvalue weighted by atomic mass is 9.88. The number of nitro groups is 1. The first-order valence-corrected chi connectivity index (χ1v) is 7.08. The van der Waals surface area contributed by atoms with Gasteiger partial charge in [-0.05, 0) is 24.8 Å². The molecule has 1 aliphatic rings. The van der Waals surface area contributed by atoms with Crippen LogP contribution in [0.15, 0.2) is 12.1 Å². The SMILES string of the molecule is CCC1CCN(c2c([N+](=O)[O-])ccc(F)c2F)C(CN)C1. The zero-order chi connectivity index (χ0) is 15.6. The van der Waals surface area contributed by atoms with Crippen LogP contribution in [-0.4, -0.2) is 24.1 Å². The van der Waals surface area contributed by atoms with Gasteiger partial charge in [0.05, 0.1) is 4.92 Å². The van der Waals surface area contributed by atoms with E-state index >= 15 is 0 Å². The van der Waals surface area contributed by atoms with E-state index in [0.717, 1.165) is 31.4 Å². The largest absolute Gasteiger partial charge is 0.359 e. The summed E-state index contributed by atoms with van der Waals surface area (Å²) in [4.78, 5) is 12.0. The summed E-state index contributed by atoms with van der Waals surface area (Å²) in [6, 6.07) is 1.58. The highest BCUT2D eigenvalue weighted by Gasteiger charge is 2.34. The monoisotopic (exact) mass is 299 g/mol. The Hall–Kier alpha value is -1.76. The number of nitrogens with zero attached hydrogens (tertiary/aromatic N) is 2. The highest BCUT2D eigenvalue weighted by molar-refractivity contribution is 5.65. The van der Waals surface area contributed by atoms with Gasteiger partial charge in [-0.3, -0.25) is 10.1 Å². The Labute approximate surface area is 121 Å². The molecular weight excluding hydrogens is 280 g/mol. The Morgan fingerprint density at radius 2 is 2.19 bits per heavy atom. The van der Waals surface area contributed by atoms with Gasteiger partial charge in [0, 0.05) is 25.2 Å². The summed E-state index contributed by atoms with van der Waals surface area (Å²) in [7, 11) is 0. The predicted molar refractivity (Wildman–Crippen MR) is 76.2 cm³/mol. The van der Waals surface area contributed by atoms with E-state index in [1.165, 1.54) is 0 Å². The van der Waals surface area contributed by atoms with Crippen molar-refractivity contribution in [1.29, 1.82) is 0 Å². The van der Waals surface area contributed by atoms with Crippen molar-refractivity contribution in [2.45, 2.75) is 32.2 Å². The quantitative estimate of drug-likeness (QED) is 0.685. The van der Waals surface area contributed by atoms with Crippen molar-refractivity contribution in [1.82, 2.24) is 0 Å². The summed E-state index contributed by atoms with van der Waals surface area (Å²) in [5.41, 5.74) is 5.05. The summed E-state index contributed by atoms with van der Waals surface area (Å²) in [5, 5.41) is 11.1. The van der Waals surface area contributed by atoms with E-state index in [9.17, 15) is 18.9 Å². The fraction of sp³-hybridized carbons (Fsp3) is 0.571. The van der Waals surface area contributed by atoms with Crippen molar-refractivity contribution in [3.8, 4) is 0 Å². The third-order valence-corrected chi connectivity index (χ3v) is 4.21. The number of nitro benzene ring substituents is 1. The van der Waals surface area contributed by atoms with E-state index in [4.69, 9.17) is 5.73 Å². The molecule has 2 unspecified atom stereocenters. The number of anilines is 1. The summed E-state index contributed by atoms with van der Waals surface area (Å²) in [6.07, 6.45) is 2.51. The Kier molecular flexibility index (Phi) is 4.72. The molecule has 0 bridgehead atoms. The molecule has 1 saturated heterocycles. The van der Waals surface area contributed by atoms with Crippen molar-refractivity contribution in [2.75, 3.05) is 18.0 Å². The maximum atomic E-state index is 14.1. The van der Waals surface area contributed by atoms with Crippen LogP contribution >= 0.6 is 0 Å². The van der Waals surface area contributed by atoms with Crippen LogP contribution in [0.4, 0.5) is 20.2 Å². The Morgan fingerprint density at radius 1 is 1.48 bits per heavy atom. The van der Waals surface area contributed by atoms with Crippen LogP contribution in [-0.2, 0) is 0 Å². The van der Waals surface area contributed by atoms with Crippen molar-refractivity contribution in [3.63, 3.8) is 0 Å². The molecule has 21 heavy (non-hydrogen) atoms. The van der Waals surface area contributed by atoms with Gasteiger partial charge in [0.15, 0.2) is 17.3 Å². The van der Waals surface area contributed by atoms with Gasteiger partial charge in [-0.15, -0.1) is 0 Å². The molecule has 1 aromatic rings. The molecule has 7 heteroatoms. The number of nitrogens with two attached hydrogens (primary N) is 1. The average Bonchev–Trinajstić information content (AvgIpc) is 2.49. The van der Waals surface area contributed by atoms with Crippen LogP contribution in [0.25, 0.3) is 0 Å². The highest BCUT2D eigenvalue weighted by Crippen LogP contribution is 2.37. The van der Waals surface area contributed by atoms with Gasteiger partial charge in [0.25, 0.3) is 5.69 Å². The van der Waals surface area contributed by atoms with E-state index < -0.39 is 22.2 Å². The van der Waals surface area contributed by atoms with Crippen LogP contribution in [0.2, 0.25) is 0 Å². The van der Waals surface area contributed by atoms with E-state index in [1.54, 1.807) is 4.90 Å². The summed E-state index contributed by atoms with van der Waals surface area (Å²) in [5.74, 6) is -1.79. The molecule has 1 aromatic carbocycles. The third kappa shape index (κ3) is 2.97. The molecule has 2 rings (SSSR count). The van der Waals surface area contributed by atoms with Crippen LogP contribution in [0.5, 0.6) is 0 Å². The smallest absolute Gasteiger partial charge is 0.295 e. The van der Waals surface area contributed by atoms with Gasteiger partial charge >= 0.3 is 0 Å². The van der Waals surface area contributed by atoms with Crippen molar-refractivity contribution in [3.05, 3.63) is 33.9 Å². The molecule has 0 amide bonds. The number of piperidine rings is 1. The lowest BCUT2D eigenvalue weighted by molar-refractivity contribution is -0.384. The van der Waals surface area contributed by atoms with Gasteiger partial charge in [-0.25, -0.2) is 8.78 Å². The summed E-state index contributed by atoms with van der Waals surface area (Å²) < 4.78 is 27.6. The van der Waals surface area contributed by atoms with Crippen LogP contribution in [0.3, 0.4) is 0 Å². The van der Waals surface area contributed by atoms with E-state index in [0.29, 0.717) is 12.5 Å². The number of hydrogen-bond acceptors (Lipinski definition) is 4. The molecule has 5 nitrogen and oxygen atoms in total. The van der Waals surface area contributed by atoms with Gasteiger partial charge in [0.2, 0.25) is 0 Å². The zero-order valence-corrected chi connectivity index (χ0v) is 11.9. The number of benzene rings is 1. The van der Waals surface area contributed by atoms with Gasteiger partial charge in [-0.1, -0.05) is 13.3 Å². The van der Waals surface area contributed by atoms with Crippen LogP contribution in [0.1, 0.15) is 26.2 Å². The maximum Gasteiger partial charge on any atom is 0.295 e. The molecule has 2 N–H and O–H groups in total. The number of halogens is 2. The summed E-state index contributed by atoms with van der Waals surface area (Å²) >= 11 is 0. The van der Waals surface area contributed by atoms with Gasteiger partial charge < -0.3 is 10.6 Å². The Morgan fingerprint density at radius 3 is 2.76 bits per heavy atom. The molecule has 0 aromatic heterocycles. The second-order valence-corrected chi connectivity index (χ2v) is 5.37. The predicted octanol–water partition coefficient (Wildman–Crippen LogP) is 2.83. The molecule has 1 aliphatic heterocycles. The molecule has 0 spiro atoms. The highest BCUT2D eigenvalue weighted by atomic mass is 19.2. The fourth-order valence-corrected chi connectivity index (χ4v) is 2.97. The Balaban J connectivity index is 2.44. The van der Waals surface area contributed by atoms with E-state index in [1.807, 2.05) is 0 Å². The summed E-state index contributed by atoms with van der Waals surface area (Å²) in [6.45, 7) is 2.77. The minimum Gasteiger partial charge on any atom is -0.359 e. The zero-order valence-electron chi connectivity index (χ0n) is 11.9. The molecular formula is C14H19F2N3O2. The lowest BCUT2D eigenvalue weighted by Gasteiger charge is -2.40. The second-order valence-electron chi connectivity index (χ2n) is 5.37. The molecule has 1 fully saturated rings. The minimum atomic E-state index is -1.17. The molecule has 1 heterocycles. The standard InChI is InChI=1S/C14H19F2N3O2/c1-2-9-5-6-18(10(7-9)8-17)14-12(19(20)21)4-3-11(15)13(14)16/h3-4,9-10H,2,5-8,17H2,1H3. The lowest BCUT2D eigenvalue weighted by Crippen LogP contribution is -2.47. The van der Waals surface area contributed by atoms with Crippen molar-refractivity contribution < 1.29 is 13.7 Å². The van der Waals surface area contributed by atoms with E-state index in [2.05, 4.69) is 6.92 Å². The molecule has 0 aliphatic carbocycles. The first kappa shape index (κ1) is 15.6. The van der Waals surface area contributed by atoms with Gasteiger partial charge in [0.1, 0.15) is 0 Å². The number of hydrogen-bond donors (Lipinski definition) is 1. The van der Waals surface area contributed by atoms with Crippen LogP contribution < -0.4 is 10.6 Å². The molecule has 0 saturated carbocycles. The maximum absolute atomic E-state index is 14.1. The molecule has 2 atom stereocenters. The fourth-order valence-electron chi connectivity index (χ4n) is 2.97. The van der Waals surface area contributed by atoms with E-state index in [-0.39, 0.29) is 18.3 Å². The number of rotatable bonds is 4. The average molecular weight is 299 g/mol. The molecule has 0 radical (unpaired) electrons. The van der Waals surface area contributed by atoms with Gasteiger partial charge in [-0.2, -0.15) is 0 Å². The topological polar surface area (TPSA) is 72.4 Å². The first-order chi connectivity index (χ1) is 9.99. The Bertz CT molecular complexity index is 539. The minimum absolute atomic E-state index is 0.210. The first-order valence-electron chi connectivity index (χ1n) is 7.08. The van der Waals surface area contributed by atoms with Crippen molar-refractivity contribution >= 4 is 11.4 Å². The normalized spacial score (nSPS) is 22.4. The third-order valence-electron chi connectivity index (χ3n) is 4.21. The molecule has 116 valence electrons. The second kappa shape index (κ2) is 6.34. The van der Waals surface area contributed by atoms with Crippen LogP contribution in [0, 0.1) is 27.7 Å².